The Morgan fingerprint density at radius 3 is 2.23 bits per heavy atom. The van der Waals surface area contributed by atoms with Gasteiger partial charge in [0, 0.05) is 32.7 Å². The summed E-state index contributed by atoms with van der Waals surface area (Å²) in [5, 5.41) is 0. The molecule has 2 aromatic carbocycles. The number of sulfonamides is 1. The molecule has 1 aliphatic heterocycles. The van der Waals surface area contributed by atoms with Crippen LogP contribution in [-0.2, 0) is 19.9 Å². The molecule has 3 rings (SSSR count). The molecular formula is C21H29N3O4S2. The van der Waals surface area contributed by atoms with Crippen molar-refractivity contribution in [2.75, 3.05) is 46.3 Å². The Morgan fingerprint density at radius 2 is 1.57 bits per heavy atom. The van der Waals surface area contributed by atoms with E-state index in [1.807, 2.05) is 0 Å². The number of hydrogen-bond acceptors (Lipinski definition) is 6. The van der Waals surface area contributed by atoms with Crippen LogP contribution in [0, 0.1) is 6.92 Å². The molecule has 0 radical (unpaired) electrons. The lowest BCUT2D eigenvalue weighted by Crippen LogP contribution is -2.45. The molecule has 0 aliphatic carbocycles. The Bertz CT molecular complexity index is 1060. The highest BCUT2D eigenvalue weighted by molar-refractivity contribution is 7.91. The van der Waals surface area contributed by atoms with Crippen LogP contribution in [0.15, 0.2) is 63.2 Å². The van der Waals surface area contributed by atoms with Gasteiger partial charge in [0.1, 0.15) is 0 Å². The first-order chi connectivity index (χ1) is 14.2. The quantitative estimate of drug-likeness (QED) is 0.616. The van der Waals surface area contributed by atoms with Gasteiger partial charge in [-0.2, -0.15) is 0 Å². The van der Waals surface area contributed by atoms with Crippen molar-refractivity contribution in [3.63, 3.8) is 0 Å². The van der Waals surface area contributed by atoms with Gasteiger partial charge in [-0.1, -0.05) is 24.3 Å². The van der Waals surface area contributed by atoms with E-state index >= 15 is 0 Å². The molecule has 164 valence electrons. The first-order valence-corrected chi connectivity index (χ1v) is 13.0. The van der Waals surface area contributed by atoms with Gasteiger partial charge in [-0.3, -0.25) is 0 Å². The van der Waals surface area contributed by atoms with E-state index in [4.69, 9.17) is 0 Å². The molecule has 0 amide bonds. The fraction of sp³-hybridized carbons (Fsp3) is 0.429. The summed E-state index contributed by atoms with van der Waals surface area (Å²) < 4.78 is 54.0. The predicted octanol–water partition coefficient (Wildman–Crippen LogP) is 1.74. The maximum absolute atomic E-state index is 12.9. The Kier molecular flexibility index (Phi) is 7.30. The van der Waals surface area contributed by atoms with Gasteiger partial charge in [-0.15, -0.1) is 0 Å². The lowest BCUT2D eigenvalue weighted by Gasteiger charge is -2.32. The molecule has 7 nitrogen and oxygen atoms in total. The van der Waals surface area contributed by atoms with Crippen LogP contribution in [0.3, 0.4) is 0 Å². The molecule has 1 heterocycles. The zero-order chi connectivity index (χ0) is 21.8. The average molecular weight is 452 g/mol. The van der Waals surface area contributed by atoms with E-state index in [9.17, 15) is 16.8 Å². The lowest BCUT2D eigenvalue weighted by molar-refractivity contribution is 0.153. The SMILES string of the molecule is Cc1ccc(S(=O)(=O)c2ccccc2)cc1S(=O)(=O)NCCCN1CCN(C)CC1. The summed E-state index contributed by atoms with van der Waals surface area (Å²) in [4.78, 5) is 4.71. The summed E-state index contributed by atoms with van der Waals surface area (Å²) >= 11 is 0. The van der Waals surface area contributed by atoms with E-state index < -0.39 is 19.9 Å². The highest BCUT2D eigenvalue weighted by Crippen LogP contribution is 2.25. The molecule has 1 fully saturated rings. The zero-order valence-electron chi connectivity index (χ0n) is 17.4. The number of nitrogens with one attached hydrogen (secondary N) is 1. The highest BCUT2D eigenvalue weighted by atomic mass is 32.2. The van der Waals surface area contributed by atoms with Crippen LogP contribution in [0.25, 0.3) is 0 Å². The fourth-order valence-electron chi connectivity index (χ4n) is 3.43. The molecule has 0 atom stereocenters. The maximum atomic E-state index is 12.9. The van der Waals surface area contributed by atoms with Crippen LogP contribution in [0.5, 0.6) is 0 Å². The normalized spacial score (nSPS) is 16.6. The second kappa shape index (κ2) is 9.57. The largest absolute Gasteiger partial charge is 0.304 e. The van der Waals surface area contributed by atoms with Crippen molar-refractivity contribution in [2.24, 2.45) is 0 Å². The molecule has 30 heavy (non-hydrogen) atoms. The van der Waals surface area contributed by atoms with Crippen molar-refractivity contribution < 1.29 is 16.8 Å². The number of aryl methyl sites for hydroxylation is 1. The summed E-state index contributed by atoms with van der Waals surface area (Å²) in [5.41, 5.74) is 0.508. The number of hydrogen-bond donors (Lipinski definition) is 1. The first kappa shape index (κ1) is 22.9. The van der Waals surface area contributed by atoms with Crippen molar-refractivity contribution in [3.05, 3.63) is 54.1 Å². The summed E-state index contributed by atoms with van der Waals surface area (Å²) in [6.07, 6.45) is 0.698. The molecule has 0 unspecified atom stereocenters. The Balaban J connectivity index is 1.69. The van der Waals surface area contributed by atoms with Crippen LogP contribution < -0.4 is 4.72 Å². The Morgan fingerprint density at radius 1 is 0.900 bits per heavy atom. The number of piperazine rings is 1. The van der Waals surface area contributed by atoms with Gasteiger partial charge in [-0.25, -0.2) is 21.6 Å². The first-order valence-electron chi connectivity index (χ1n) is 10.0. The smallest absolute Gasteiger partial charge is 0.240 e. The molecule has 0 bridgehead atoms. The molecule has 1 saturated heterocycles. The molecule has 0 aromatic heterocycles. The topological polar surface area (TPSA) is 86.8 Å². The second-order valence-electron chi connectivity index (χ2n) is 7.64. The van der Waals surface area contributed by atoms with Crippen molar-refractivity contribution in [3.8, 4) is 0 Å². The summed E-state index contributed by atoms with van der Waals surface area (Å²) in [5.74, 6) is 0. The number of rotatable bonds is 8. The Hall–Kier alpha value is -1.78. The number of benzene rings is 2. The van der Waals surface area contributed by atoms with Gasteiger partial charge in [0.15, 0.2) is 0 Å². The molecular weight excluding hydrogens is 422 g/mol. The van der Waals surface area contributed by atoms with Crippen LogP contribution in [-0.4, -0.2) is 73.0 Å². The van der Waals surface area contributed by atoms with Crippen molar-refractivity contribution in [2.45, 2.75) is 28.0 Å². The summed E-state index contributed by atoms with van der Waals surface area (Å²) in [6.45, 7) is 6.82. The fourth-order valence-corrected chi connectivity index (χ4v) is 6.16. The number of nitrogens with zero attached hydrogens (tertiary/aromatic N) is 2. The van der Waals surface area contributed by atoms with E-state index in [2.05, 4.69) is 21.6 Å². The molecule has 0 spiro atoms. The molecule has 0 saturated carbocycles. The lowest BCUT2D eigenvalue weighted by atomic mass is 10.2. The average Bonchev–Trinajstić information content (AvgIpc) is 2.73. The Labute approximate surface area is 179 Å². The minimum Gasteiger partial charge on any atom is -0.304 e. The third-order valence-electron chi connectivity index (χ3n) is 5.35. The van der Waals surface area contributed by atoms with Crippen LogP contribution >= 0.6 is 0 Å². The predicted molar refractivity (Wildman–Crippen MR) is 117 cm³/mol. The van der Waals surface area contributed by atoms with Gasteiger partial charge in [0.2, 0.25) is 19.9 Å². The van der Waals surface area contributed by atoms with Crippen molar-refractivity contribution in [1.29, 1.82) is 0 Å². The van der Waals surface area contributed by atoms with Gasteiger partial charge in [0.05, 0.1) is 14.7 Å². The van der Waals surface area contributed by atoms with E-state index in [-0.39, 0.29) is 14.7 Å². The minimum atomic E-state index is -3.81. The van der Waals surface area contributed by atoms with Gasteiger partial charge < -0.3 is 9.80 Å². The van der Waals surface area contributed by atoms with E-state index in [0.29, 0.717) is 18.5 Å². The third-order valence-corrected chi connectivity index (χ3v) is 8.72. The van der Waals surface area contributed by atoms with E-state index in [1.54, 1.807) is 25.1 Å². The second-order valence-corrected chi connectivity index (χ2v) is 11.3. The molecule has 2 aromatic rings. The van der Waals surface area contributed by atoms with Crippen LogP contribution in [0.2, 0.25) is 0 Å². The van der Waals surface area contributed by atoms with E-state index in [1.165, 1.54) is 30.3 Å². The molecule has 1 N–H and O–H groups in total. The standard InChI is InChI=1S/C21H29N3O4S2/c1-18-9-10-20(29(25,26)19-7-4-3-5-8-19)17-21(18)30(27,28)22-11-6-12-24-15-13-23(2)14-16-24/h3-5,7-10,17,22H,6,11-16H2,1-2H3. The molecule has 1 aliphatic rings. The zero-order valence-corrected chi connectivity index (χ0v) is 19.0. The molecule has 9 heteroatoms. The van der Waals surface area contributed by atoms with Crippen molar-refractivity contribution >= 4 is 19.9 Å². The summed E-state index contributed by atoms with van der Waals surface area (Å²) in [6, 6.07) is 12.2. The minimum absolute atomic E-state index is 0.000830. The van der Waals surface area contributed by atoms with Gasteiger partial charge >= 0.3 is 0 Å². The maximum Gasteiger partial charge on any atom is 0.240 e. The third kappa shape index (κ3) is 5.47. The highest BCUT2D eigenvalue weighted by Gasteiger charge is 2.23. The van der Waals surface area contributed by atoms with E-state index in [0.717, 1.165) is 32.7 Å². The summed E-state index contributed by atoms with van der Waals surface area (Å²) in [7, 11) is -5.50. The number of sulfone groups is 1. The van der Waals surface area contributed by atoms with Gasteiger partial charge in [-0.05, 0) is 56.8 Å². The van der Waals surface area contributed by atoms with Crippen LogP contribution in [0.4, 0.5) is 0 Å². The van der Waals surface area contributed by atoms with Crippen molar-refractivity contribution in [1.82, 2.24) is 14.5 Å². The van der Waals surface area contributed by atoms with Crippen LogP contribution in [0.1, 0.15) is 12.0 Å². The monoisotopic (exact) mass is 451 g/mol. The number of likely N-dealkylation sites (N-methyl/N-ethyl adjacent to an activating group) is 1. The van der Waals surface area contributed by atoms with Gasteiger partial charge in [0.25, 0.3) is 0 Å².